The van der Waals surface area contributed by atoms with Gasteiger partial charge in [-0.3, -0.25) is 4.79 Å². The molecular formula is C21H18O7. The van der Waals surface area contributed by atoms with E-state index in [-0.39, 0.29) is 18.1 Å². The molecule has 7 nitrogen and oxygen atoms in total. The number of benzene rings is 2. The molecule has 2 aromatic carbocycles. The van der Waals surface area contributed by atoms with E-state index in [1.54, 1.807) is 30.3 Å². The van der Waals surface area contributed by atoms with Gasteiger partial charge in [0.2, 0.25) is 12.2 Å². The quantitative estimate of drug-likeness (QED) is 0.717. The topological polar surface area (TPSA) is 95.2 Å². The van der Waals surface area contributed by atoms with E-state index in [4.69, 9.17) is 23.7 Å². The van der Waals surface area contributed by atoms with E-state index in [1.807, 2.05) is 13.8 Å². The molecule has 144 valence electrons. The minimum absolute atomic E-state index is 0.0294. The molecule has 0 spiro atoms. The van der Waals surface area contributed by atoms with Crippen LogP contribution in [0.1, 0.15) is 25.3 Å². The van der Waals surface area contributed by atoms with Gasteiger partial charge in [-0.15, -0.1) is 0 Å². The minimum atomic E-state index is -1.07. The average molecular weight is 382 g/mol. The van der Waals surface area contributed by atoms with Gasteiger partial charge >= 0.3 is 5.97 Å². The van der Waals surface area contributed by atoms with Gasteiger partial charge in [-0.05, 0) is 35.2 Å². The van der Waals surface area contributed by atoms with Gasteiger partial charge in [0, 0.05) is 6.07 Å². The zero-order valence-electron chi connectivity index (χ0n) is 15.4. The van der Waals surface area contributed by atoms with E-state index in [1.165, 1.54) is 6.26 Å². The van der Waals surface area contributed by atoms with Crippen molar-refractivity contribution >= 4 is 16.9 Å². The highest BCUT2D eigenvalue weighted by Gasteiger charge is 2.18. The van der Waals surface area contributed by atoms with Crippen LogP contribution in [0.3, 0.4) is 0 Å². The average Bonchev–Trinajstić information content (AvgIpc) is 3.13. The second-order valence-corrected chi connectivity index (χ2v) is 6.77. The Hall–Kier alpha value is -3.48. The SMILES string of the molecule is CC(C)c1cc2c(=O)c(-c3ccc4c(c3)OCO4)coc2cc1OCC(=O)O. The number of rotatable bonds is 5. The molecule has 3 aromatic rings. The summed E-state index contributed by atoms with van der Waals surface area (Å²) in [7, 11) is 0. The van der Waals surface area contributed by atoms with Gasteiger partial charge in [-0.1, -0.05) is 19.9 Å². The summed E-state index contributed by atoms with van der Waals surface area (Å²) in [6.07, 6.45) is 1.39. The molecule has 0 saturated carbocycles. The Morgan fingerprint density at radius 3 is 2.71 bits per heavy atom. The van der Waals surface area contributed by atoms with Gasteiger partial charge in [0.1, 0.15) is 17.6 Å². The van der Waals surface area contributed by atoms with Crippen molar-refractivity contribution in [3.8, 4) is 28.4 Å². The van der Waals surface area contributed by atoms with Crippen LogP contribution < -0.4 is 19.6 Å². The van der Waals surface area contributed by atoms with Crippen LogP contribution in [0.4, 0.5) is 0 Å². The van der Waals surface area contributed by atoms with Gasteiger partial charge in [-0.2, -0.15) is 0 Å². The van der Waals surface area contributed by atoms with Gasteiger partial charge in [0.15, 0.2) is 18.1 Å². The summed E-state index contributed by atoms with van der Waals surface area (Å²) in [5.41, 5.74) is 1.95. The lowest BCUT2D eigenvalue weighted by atomic mass is 9.98. The number of ether oxygens (including phenoxy) is 3. The Bertz CT molecular complexity index is 1130. The first-order valence-corrected chi connectivity index (χ1v) is 8.78. The molecule has 1 N–H and O–H groups in total. The zero-order valence-corrected chi connectivity index (χ0v) is 15.4. The summed E-state index contributed by atoms with van der Waals surface area (Å²) >= 11 is 0. The Morgan fingerprint density at radius 2 is 1.96 bits per heavy atom. The monoisotopic (exact) mass is 382 g/mol. The third kappa shape index (κ3) is 3.15. The van der Waals surface area contributed by atoms with E-state index in [2.05, 4.69) is 0 Å². The van der Waals surface area contributed by atoms with Crippen molar-refractivity contribution in [3.05, 3.63) is 52.4 Å². The predicted molar refractivity (Wildman–Crippen MR) is 101 cm³/mol. The van der Waals surface area contributed by atoms with Crippen molar-refractivity contribution in [2.45, 2.75) is 19.8 Å². The molecule has 1 aliphatic rings. The molecule has 28 heavy (non-hydrogen) atoms. The summed E-state index contributed by atoms with van der Waals surface area (Å²) in [6, 6.07) is 8.55. The largest absolute Gasteiger partial charge is 0.481 e. The molecule has 7 heteroatoms. The van der Waals surface area contributed by atoms with Crippen molar-refractivity contribution in [2.24, 2.45) is 0 Å². The smallest absolute Gasteiger partial charge is 0.341 e. The van der Waals surface area contributed by atoms with Crippen LogP contribution >= 0.6 is 0 Å². The molecule has 0 unspecified atom stereocenters. The zero-order chi connectivity index (χ0) is 19.8. The fourth-order valence-corrected chi connectivity index (χ4v) is 3.15. The lowest BCUT2D eigenvalue weighted by Gasteiger charge is -2.14. The fraction of sp³-hybridized carbons (Fsp3) is 0.238. The second kappa shape index (κ2) is 6.92. The Labute approximate surface area is 160 Å². The van der Waals surface area contributed by atoms with Crippen molar-refractivity contribution in [3.63, 3.8) is 0 Å². The number of fused-ring (bicyclic) bond motifs is 2. The third-order valence-electron chi connectivity index (χ3n) is 4.56. The lowest BCUT2D eigenvalue weighted by molar-refractivity contribution is -0.139. The summed E-state index contributed by atoms with van der Waals surface area (Å²) in [5, 5.41) is 9.28. The summed E-state index contributed by atoms with van der Waals surface area (Å²) < 4.78 is 21.7. The Balaban J connectivity index is 1.83. The van der Waals surface area contributed by atoms with Gasteiger partial charge < -0.3 is 23.7 Å². The van der Waals surface area contributed by atoms with E-state index in [0.717, 1.165) is 5.56 Å². The van der Waals surface area contributed by atoms with Gasteiger partial charge in [0.05, 0.1) is 10.9 Å². The summed E-state index contributed by atoms with van der Waals surface area (Å²) in [4.78, 5) is 24.0. The molecule has 0 saturated heterocycles. The van der Waals surface area contributed by atoms with Crippen LogP contribution in [0.25, 0.3) is 22.1 Å². The molecule has 0 bridgehead atoms. The van der Waals surface area contributed by atoms with Crippen LogP contribution in [-0.2, 0) is 4.79 Å². The molecule has 1 aromatic heterocycles. The van der Waals surface area contributed by atoms with E-state index in [9.17, 15) is 9.59 Å². The fourth-order valence-electron chi connectivity index (χ4n) is 3.15. The maximum absolute atomic E-state index is 13.1. The summed E-state index contributed by atoms with van der Waals surface area (Å²) in [5.74, 6) is 0.564. The van der Waals surface area contributed by atoms with Gasteiger partial charge in [-0.25, -0.2) is 4.79 Å². The first kappa shape index (κ1) is 17.9. The number of aliphatic carboxylic acids is 1. The number of hydrogen-bond donors (Lipinski definition) is 1. The highest BCUT2D eigenvalue weighted by molar-refractivity contribution is 5.84. The Morgan fingerprint density at radius 1 is 1.18 bits per heavy atom. The summed E-state index contributed by atoms with van der Waals surface area (Å²) in [6.45, 7) is 3.57. The molecule has 0 atom stereocenters. The third-order valence-corrected chi connectivity index (χ3v) is 4.56. The maximum Gasteiger partial charge on any atom is 0.341 e. The molecule has 2 heterocycles. The number of carboxylic acid groups (broad SMARTS) is 1. The minimum Gasteiger partial charge on any atom is -0.481 e. The van der Waals surface area contributed by atoms with Crippen LogP contribution in [0.15, 0.2) is 45.8 Å². The number of hydrogen-bond acceptors (Lipinski definition) is 6. The van der Waals surface area contributed by atoms with Crippen LogP contribution in [0, 0.1) is 0 Å². The van der Waals surface area contributed by atoms with Gasteiger partial charge in [0.25, 0.3) is 0 Å². The number of carboxylic acids is 1. The highest BCUT2D eigenvalue weighted by atomic mass is 16.7. The normalized spacial score (nSPS) is 12.5. The van der Waals surface area contributed by atoms with Crippen molar-refractivity contribution in [1.29, 1.82) is 0 Å². The number of carbonyl (C=O) groups is 1. The first-order valence-electron chi connectivity index (χ1n) is 8.78. The molecule has 0 radical (unpaired) electrons. The van der Waals surface area contributed by atoms with E-state index >= 15 is 0 Å². The lowest BCUT2D eigenvalue weighted by Crippen LogP contribution is -2.12. The molecule has 0 fully saturated rings. The second-order valence-electron chi connectivity index (χ2n) is 6.77. The first-order chi connectivity index (χ1) is 13.4. The predicted octanol–water partition coefficient (Wildman–Crippen LogP) is 3.78. The molecule has 4 rings (SSSR count). The van der Waals surface area contributed by atoms with Crippen molar-refractivity contribution < 1.29 is 28.5 Å². The highest BCUT2D eigenvalue weighted by Crippen LogP contribution is 2.36. The van der Waals surface area contributed by atoms with E-state index < -0.39 is 12.6 Å². The van der Waals surface area contributed by atoms with Crippen LogP contribution in [0.2, 0.25) is 0 Å². The molecule has 1 aliphatic heterocycles. The molecule has 0 aliphatic carbocycles. The standard InChI is InChI=1S/C21H18O7/c1-11(2)13-6-14-18(7-17(13)26-9-20(22)23)25-8-15(21(14)24)12-3-4-16-19(5-12)28-10-27-16/h3-8,11H,9-10H2,1-2H3,(H,22,23). The van der Waals surface area contributed by atoms with Crippen molar-refractivity contribution in [2.75, 3.05) is 13.4 Å². The molecule has 0 amide bonds. The maximum atomic E-state index is 13.1. The van der Waals surface area contributed by atoms with E-state index in [0.29, 0.717) is 39.3 Å². The van der Waals surface area contributed by atoms with Crippen molar-refractivity contribution in [1.82, 2.24) is 0 Å². The molecular weight excluding hydrogens is 364 g/mol. The van der Waals surface area contributed by atoms with Crippen LogP contribution in [-0.4, -0.2) is 24.5 Å². The van der Waals surface area contributed by atoms with Crippen LogP contribution in [0.5, 0.6) is 17.2 Å². The Kier molecular flexibility index (Phi) is 4.43.